The van der Waals surface area contributed by atoms with Crippen LogP contribution in [0.1, 0.15) is 28.2 Å². The van der Waals surface area contributed by atoms with Gasteiger partial charge in [0.25, 0.3) is 5.91 Å². The molecule has 1 aliphatic rings. The number of hydrogen-bond acceptors (Lipinski definition) is 4. The van der Waals surface area contributed by atoms with Crippen LogP contribution in [0.25, 0.3) is 15.9 Å². The molecule has 1 fully saturated rings. The Labute approximate surface area is 154 Å². The number of aromatic nitrogens is 2. The van der Waals surface area contributed by atoms with Gasteiger partial charge in [-0.1, -0.05) is 23.7 Å². The van der Waals surface area contributed by atoms with Crippen LogP contribution in [0.5, 0.6) is 0 Å². The largest absolute Gasteiger partial charge is 0.350 e. The van der Waals surface area contributed by atoms with Crippen LogP contribution in [0.3, 0.4) is 0 Å². The lowest BCUT2D eigenvalue weighted by molar-refractivity contribution is 0.0954. The van der Waals surface area contributed by atoms with Crippen LogP contribution >= 0.6 is 22.9 Å². The van der Waals surface area contributed by atoms with Crippen LogP contribution < -0.4 is 11.1 Å². The maximum absolute atomic E-state index is 12.5. The SMILES string of the molecule is Cc1nn(-c2ccccc2Cl)c2sc(C(=O)NCC(N)C3CC3)cc12. The average Bonchev–Trinajstić information content (AvgIpc) is 3.29. The van der Waals surface area contributed by atoms with E-state index in [1.807, 2.05) is 41.9 Å². The Bertz CT molecular complexity index is 944. The molecule has 1 saturated carbocycles. The third-order valence-corrected chi connectivity index (χ3v) is 6.00. The van der Waals surface area contributed by atoms with Crippen molar-refractivity contribution in [3.05, 3.63) is 45.9 Å². The highest BCUT2D eigenvalue weighted by molar-refractivity contribution is 7.20. The van der Waals surface area contributed by atoms with Crippen LogP contribution in [-0.4, -0.2) is 28.3 Å². The fraction of sp³-hybridized carbons (Fsp3) is 0.333. The van der Waals surface area contributed by atoms with E-state index in [-0.39, 0.29) is 11.9 Å². The summed E-state index contributed by atoms with van der Waals surface area (Å²) in [7, 11) is 0. The molecule has 1 aliphatic carbocycles. The Balaban J connectivity index is 1.63. The number of fused-ring (bicyclic) bond motifs is 1. The lowest BCUT2D eigenvalue weighted by Gasteiger charge is -2.10. The van der Waals surface area contributed by atoms with Crippen molar-refractivity contribution >= 4 is 39.1 Å². The van der Waals surface area contributed by atoms with Gasteiger partial charge >= 0.3 is 0 Å². The molecule has 0 radical (unpaired) electrons. The van der Waals surface area contributed by atoms with Crippen molar-refractivity contribution in [1.82, 2.24) is 15.1 Å². The van der Waals surface area contributed by atoms with Crippen LogP contribution in [-0.2, 0) is 0 Å². The number of nitrogens with zero attached hydrogens (tertiary/aromatic N) is 2. The van der Waals surface area contributed by atoms with Gasteiger partial charge in [-0.25, -0.2) is 4.68 Å². The van der Waals surface area contributed by atoms with Crippen molar-refractivity contribution in [2.45, 2.75) is 25.8 Å². The maximum Gasteiger partial charge on any atom is 0.261 e. The van der Waals surface area contributed by atoms with Crippen molar-refractivity contribution in [3.8, 4) is 5.69 Å². The Hall–Kier alpha value is -1.89. The average molecular weight is 375 g/mol. The summed E-state index contributed by atoms with van der Waals surface area (Å²) >= 11 is 7.73. The first-order valence-corrected chi connectivity index (χ1v) is 9.52. The molecule has 3 aromatic rings. The van der Waals surface area contributed by atoms with E-state index in [1.165, 1.54) is 24.2 Å². The maximum atomic E-state index is 12.5. The second kappa shape index (κ2) is 6.44. The zero-order valence-corrected chi connectivity index (χ0v) is 15.4. The minimum Gasteiger partial charge on any atom is -0.350 e. The molecular formula is C18H19ClN4OS. The molecule has 0 aliphatic heterocycles. The molecule has 2 aromatic heterocycles. The van der Waals surface area contributed by atoms with E-state index >= 15 is 0 Å². The van der Waals surface area contributed by atoms with Gasteiger partial charge in [-0.05, 0) is 43.9 Å². The summed E-state index contributed by atoms with van der Waals surface area (Å²) < 4.78 is 1.81. The monoisotopic (exact) mass is 374 g/mol. The highest BCUT2D eigenvalue weighted by Gasteiger charge is 2.28. The third kappa shape index (κ3) is 3.17. The number of aryl methyl sites for hydroxylation is 1. The van der Waals surface area contributed by atoms with Crippen molar-refractivity contribution in [2.24, 2.45) is 11.7 Å². The molecule has 4 rings (SSSR count). The normalized spacial score (nSPS) is 15.5. The zero-order valence-electron chi connectivity index (χ0n) is 13.8. The number of rotatable bonds is 5. The molecule has 130 valence electrons. The first kappa shape index (κ1) is 16.6. The molecule has 5 nitrogen and oxygen atoms in total. The van der Waals surface area contributed by atoms with Crippen LogP contribution in [0.15, 0.2) is 30.3 Å². The molecule has 0 spiro atoms. The standard InChI is InChI=1S/C18H19ClN4OS/c1-10-12-8-16(17(24)21-9-14(20)11-6-7-11)25-18(12)23(22-10)15-5-3-2-4-13(15)19/h2-5,8,11,14H,6-7,9,20H2,1H3,(H,21,24). The second-order valence-corrected chi connectivity index (χ2v) is 7.93. The van der Waals surface area contributed by atoms with Crippen LogP contribution in [0.2, 0.25) is 5.02 Å². The fourth-order valence-electron chi connectivity index (χ4n) is 2.93. The van der Waals surface area contributed by atoms with Crippen molar-refractivity contribution < 1.29 is 4.79 Å². The lowest BCUT2D eigenvalue weighted by atomic mass is 10.2. The summed E-state index contributed by atoms with van der Waals surface area (Å²) in [6, 6.07) is 9.51. The summed E-state index contributed by atoms with van der Waals surface area (Å²) in [5.41, 5.74) is 7.75. The summed E-state index contributed by atoms with van der Waals surface area (Å²) in [6.07, 6.45) is 2.35. The minimum atomic E-state index is -0.0811. The summed E-state index contributed by atoms with van der Waals surface area (Å²) in [5, 5.41) is 9.13. The molecule has 1 unspecified atom stereocenters. The second-order valence-electron chi connectivity index (χ2n) is 6.49. The molecule has 3 N–H and O–H groups in total. The number of carbonyl (C=O) groups is 1. The number of para-hydroxylation sites is 1. The Morgan fingerprint density at radius 3 is 2.96 bits per heavy atom. The Kier molecular flexibility index (Phi) is 4.27. The van der Waals surface area contributed by atoms with Gasteiger partial charge in [0, 0.05) is 18.0 Å². The number of hydrogen-bond donors (Lipinski definition) is 2. The highest BCUT2D eigenvalue weighted by Crippen LogP contribution is 2.33. The van der Waals surface area contributed by atoms with E-state index in [9.17, 15) is 4.79 Å². The highest BCUT2D eigenvalue weighted by atomic mass is 35.5. The van der Waals surface area contributed by atoms with Crippen molar-refractivity contribution in [1.29, 1.82) is 0 Å². The van der Waals surface area contributed by atoms with Gasteiger partial charge in [0.05, 0.1) is 21.3 Å². The van der Waals surface area contributed by atoms with E-state index < -0.39 is 0 Å². The number of carbonyl (C=O) groups excluding carboxylic acids is 1. The molecule has 2 heterocycles. The number of thiophene rings is 1. The minimum absolute atomic E-state index is 0.0543. The number of halogens is 1. The predicted octanol–water partition coefficient (Wildman–Crippen LogP) is 3.52. The van der Waals surface area contributed by atoms with Gasteiger partial charge in [-0.15, -0.1) is 11.3 Å². The van der Waals surface area contributed by atoms with E-state index in [1.54, 1.807) is 0 Å². The predicted molar refractivity (Wildman–Crippen MR) is 102 cm³/mol. The molecule has 0 bridgehead atoms. The molecule has 1 atom stereocenters. The van der Waals surface area contributed by atoms with E-state index in [4.69, 9.17) is 17.3 Å². The number of nitrogens with one attached hydrogen (secondary N) is 1. The smallest absolute Gasteiger partial charge is 0.261 e. The van der Waals surface area contributed by atoms with Gasteiger partial charge < -0.3 is 11.1 Å². The van der Waals surface area contributed by atoms with Crippen LogP contribution in [0.4, 0.5) is 0 Å². The van der Waals surface area contributed by atoms with Crippen molar-refractivity contribution in [2.75, 3.05) is 6.54 Å². The number of amides is 1. The van der Waals surface area contributed by atoms with E-state index in [2.05, 4.69) is 10.4 Å². The molecule has 1 amide bonds. The molecule has 0 saturated heterocycles. The lowest BCUT2D eigenvalue weighted by Crippen LogP contribution is -2.38. The Morgan fingerprint density at radius 1 is 1.48 bits per heavy atom. The van der Waals surface area contributed by atoms with E-state index in [0.717, 1.165) is 21.6 Å². The first-order valence-electron chi connectivity index (χ1n) is 8.32. The van der Waals surface area contributed by atoms with Gasteiger partial charge in [-0.2, -0.15) is 5.10 Å². The number of benzene rings is 1. The topological polar surface area (TPSA) is 72.9 Å². The summed E-state index contributed by atoms with van der Waals surface area (Å²) in [5.74, 6) is 0.487. The molecule has 25 heavy (non-hydrogen) atoms. The zero-order chi connectivity index (χ0) is 17.6. The Morgan fingerprint density at radius 2 is 2.24 bits per heavy atom. The first-order chi connectivity index (χ1) is 12.0. The quantitative estimate of drug-likeness (QED) is 0.717. The van der Waals surface area contributed by atoms with Gasteiger partial charge in [0.15, 0.2) is 0 Å². The molecule has 7 heteroatoms. The molecular weight excluding hydrogens is 356 g/mol. The summed E-state index contributed by atoms with van der Waals surface area (Å²) in [6.45, 7) is 2.46. The van der Waals surface area contributed by atoms with Crippen molar-refractivity contribution in [3.63, 3.8) is 0 Å². The van der Waals surface area contributed by atoms with Gasteiger partial charge in [0.1, 0.15) is 4.83 Å². The number of nitrogens with two attached hydrogens (primary N) is 1. The van der Waals surface area contributed by atoms with Gasteiger partial charge in [0.2, 0.25) is 0 Å². The third-order valence-electron chi connectivity index (χ3n) is 4.57. The van der Waals surface area contributed by atoms with Crippen LogP contribution in [0, 0.1) is 12.8 Å². The summed E-state index contributed by atoms with van der Waals surface area (Å²) in [4.78, 5) is 14.1. The molecule has 1 aromatic carbocycles. The van der Waals surface area contributed by atoms with E-state index in [0.29, 0.717) is 22.4 Å². The van der Waals surface area contributed by atoms with Gasteiger partial charge in [-0.3, -0.25) is 4.79 Å². The fourth-order valence-corrected chi connectivity index (χ4v) is 4.24.